The topological polar surface area (TPSA) is 72.9 Å². The first-order valence-electron chi connectivity index (χ1n) is 7.74. The summed E-state index contributed by atoms with van der Waals surface area (Å²) in [6.07, 6.45) is 0.758. The Bertz CT molecular complexity index is 644. The average Bonchev–Trinajstić information content (AvgIpc) is 2.56. The second-order valence-electron chi connectivity index (χ2n) is 5.91. The van der Waals surface area contributed by atoms with Gasteiger partial charge in [0.25, 0.3) is 5.91 Å². The van der Waals surface area contributed by atoms with Gasteiger partial charge < -0.3 is 9.47 Å². The Kier molecular flexibility index (Phi) is 6.20. The highest BCUT2D eigenvalue weighted by molar-refractivity contribution is 6.30. The number of anilines is 1. The first-order chi connectivity index (χ1) is 11.4. The highest BCUT2D eigenvalue weighted by atomic mass is 35.5. The number of alkyl halides is 1. The Labute approximate surface area is 145 Å². The smallest absolute Gasteiger partial charge is 0.326 e. The van der Waals surface area contributed by atoms with E-state index in [0.717, 1.165) is 6.42 Å². The van der Waals surface area contributed by atoms with E-state index in [2.05, 4.69) is 0 Å². The monoisotopic (exact) mass is 353 g/mol. The summed E-state index contributed by atoms with van der Waals surface area (Å²) in [6, 6.07) is 4.69. The van der Waals surface area contributed by atoms with E-state index in [-0.39, 0.29) is 30.7 Å². The molecule has 130 valence electrons. The molecule has 0 unspecified atom stereocenters. The summed E-state index contributed by atoms with van der Waals surface area (Å²) in [7, 11) is 0. The molecule has 1 aromatic carbocycles. The molecule has 1 aliphatic rings. The van der Waals surface area contributed by atoms with Crippen LogP contribution in [-0.4, -0.2) is 43.3 Å². The molecule has 0 N–H and O–H groups in total. The number of hydrogen-bond donors (Lipinski definition) is 0. The molecular weight excluding hydrogens is 334 g/mol. The van der Waals surface area contributed by atoms with Crippen molar-refractivity contribution in [3.63, 3.8) is 0 Å². The van der Waals surface area contributed by atoms with Crippen LogP contribution in [0.5, 0.6) is 5.75 Å². The number of esters is 1. The van der Waals surface area contributed by atoms with Gasteiger partial charge in [0.2, 0.25) is 0 Å². The SMILES string of the molecule is CC(C)CCOC(=O)CN1C(=O)COc2ccc(C(=O)CCl)cc21. The van der Waals surface area contributed by atoms with Gasteiger partial charge >= 0.3 is 5.97 Å². The van der Waals surface area contributed by atoms with E-state index in [9.17, 15) is 14.4 Å². The van der Waals surface area contributed by atoms with Crippen LogP contribution >= 0.6 is 11.6 Å². The van der Waals surface area contributed by atoms with Crippen molar-refractivity contribution in [1.82, 2.24) is 0 Å². The highest BCUT2D eigenvalue weighted by Gasteiger charge is 2.28. The zero-order chi connectivity index (χ0) is 17.7. The number of amides is 1. The Hall–Kier alpha value is -2.08. The van der Waals surface area contributed by atoms with Crippen molar-refractivity contribution in [2.45, 2.75) is 20.3 Å². The number of ether oxygens (including phenoxy) is 2. The third-order valence-corrected chi connectivity index (χ3v) is 3.83. The van der Waals surface area contributed by atoms with Crippen LogP contribution in [0.15, 0.2) is 18.2 Å². The number of carbonyl (C=O) groups is 3. The minimum Gasteiger partial charge on any atom is -0.482 e. The van der Waals surface area contributed by atoms with Gasteiger partial charge in [0.05, 0.1) is 18.2 Å². The van der Waals surface area contributed by atoms with Gasteiger partial charge in [-0.15, -0.1) is 11.6 Å². The quantitative estimate of drug-likeness (QED) is 0.427. The molecule has 1 heterocycles. The molecule has 0 aromatic heterocycles. The fraction of sp³-hybridized carbons (Fsp3) is 0.471. The van der Waals surface area contributed by atoms with Crippen LogP contribution in [0.25, 0.3) is 0 Å². The Morgan fingerprint density at radius 3 is 2.79 bits per heavy atom. The van der Waals surface area contributed by atoms with E-state index in [4.69, 9.17) is 21.1 Å². The summed E-state index contributed by atoms with van der Waals surface area (Å²) < 4.78 is 10.5. The summed E-state index contributed by atoms with van der Waals surface area (Å²) in [5, 5.41) is 0. The Morgan fingerprint density at radius 2 is 2.12 bits per heavy atom. The maximum absolute atomic E-state index is 12.1. The number of nitrogens with zero attached hydrogens (tertiary/aromatic N) is 1. The summed E-state index contributed by atoms with van der Waals surface area (Å²) in [5.41, 5.74) is 0.739. The molecule has 0 radical (unpaired) electrons. The fourth-order valence-corrected chi connectivity index (χ4v) is 2.36. The van der Waals surface area contributed by atoms with Crippen molar-refractivity contribution in [3.8, 4) is 5.75 Å². The van der Waals surface area contributed by atoms with Gasteiger partial charge in [-0.2, -0.15) is 0 Å². The Balaban J connectivity index is 2.14. The zero-order valence-corrected chi connectivity index (χ0v) is 14.5. The number of carbonyl (C=O) groups excluding carboxylic acids is 3. The van der Waals surface area contributed by atoms with Gasteiger partial charge in [-0.05, 0) is 30.5 Å². The molecule has 1 amide bonds. The zero-order valence-electron chi connectivity index (χ0n) is 13.7. The molecule has 1 aromatic rings. The van der Waals surface area contributed by atoms with Crippen LogP contribution in [0.4, 0.5) is 5.69 Å². The maximum atomic E-state index is 12.1. The van der Waals surface area contributed by atoms with Crippen LogP contribution in [0.3, 0.4) is 0 Å². The molecular formula is C17H20ClNO5. The number of Topliss-reactive ketones (excluding diaryl/α,β-unsaturated/α-hetero) is 1. The lowest BCUT2D eigenvalue weighted by molar-refractivity contribution is -0.143. The number of fused-ring (bicyclic) bond motifs is 1. The van der Waals surface area contributed by atoms with Crippen molar-refractivity contribution >= 4 is 34.9 Å². The van der Waals surface area contributed by atoms with Crippen molar-refractivity contribution in [2.24, 2.45) is 5.92 Å². The third kappa shape index (κ3) is 4.47. The van der Waals surface area contributed by atoms with Gasteiger partial charge in [0, 0.05) is 5.56 Å². The summed E-state index contributed by atoms with van der Waals surface area (Å²) in [4.78, 5) is 37.1. The molecule has 1 aliphatic heterocycles. The molecule has 0 atom stereocenters. The molecule has 0 spiro atoms. The number of rotatable bonds is 7. The van der Waals surface area contributed by atoms with E-state index in [1.54, 1.807) is 12.1 Å². The standard InChI is InChI=1S/C17H20ClNO5/c1-11(2)5-6-23-17(22)9-19-13-7-12(14(20)8-18)3-4-15(13)24-10-16(19)21/h3-4,7,11H,5-6,8-10H2,1-2H3. The van der Waals surface area contributed by atoms with E-state index < -0.39 is 5.97 Å². The first kappa shape index (κ1) is 18.3. The second kappa shape index (κ2) is 8.15. The largest absolute Gasteiger partial charge is 0.482 e. The lowest BCUT2D eigenvalue weighted by Gasteiger charge is -2.29. The van der Waals surface area contributed by atoms with Crippen molar-refractivity contribution in [3.05, 3.63) is 23.8 Å². The molecule has 24 heavy (non-hydrogen) atoms. The highest BCUT2D eigenvalue weighted by Crippen LogP contribution is 2.33. The predicted octanol–water partition coefficient (Wildman–Crippen LogP) is 2.42. The summed E-state index contributed by atoms with van der Waals surface area (Å²) in [5.74, 6) is -0.421. The Morgan fingerprint density at radius 1 is 1.38 bits per heavy atom. The van der Waals surface area contributed by atoms with Crippen LogP contribution in [0.2, 0.25) is 0 Å². The van der Waals surface area contributed by atoms with E-state index >= 15 is 0 Å². The van der Waals surface area contributed by atoms with E-state index in [1.807, 2.05) is 13.8 Å². The summed E-state index contributed by atoms with van der Waals surface area (Å²) >= 11 is 5.57. The average molecular weight is 354 g/mol. The van der Waals surface area contributed by atoms with Crippen LogP contribution in [0, 0.1) is 5.92 Å². The van der Waals surface area contributed by atoms with Crippen molar-refractivity contribution in [2.75, 3.05) is 30.5 Å². The summed E-state index contributed by atoms with van der Waals surface area (Å²) in [6.45, 7) is 4.00. The van der Waals surface area contributed by atoms with Gasteiger partial charge in [0.15, 0.2) is 12.4 Å². The van der Waals surface area contributed by atoms with Crippen molar-refractivity contribution < 1.29 is 23.9 Å². The minimum absolute atomic E-state index is 0.158. The molecule has 0 aliphatic carbocycles. The predicted molar refractivity (Wildman–Crippen MR) is 89.8 cm³/mol. The first-order valence-corrected chi connectivity index (χ1v) is 8.27. The molecule has 7 heteroatoms. The third-order valence-electron chi connectivity index (χ3n) is 3.59. The van der Waals surface area contributed by atoms with Crippen LogP contribution in [0.1, 0.15) is 30.6 Å². The van der Waals surface area contributed by atoms with Gasteiger partial charge in [0.1, 0.15) is 12.3 Å². The second-order valence-corrected chi connectivity index (χ2v) is 6.18. The lowest BCUT2D eigenvalue weighted by atomic mass is 10.1. The molecule has 6 nitrogen and oxygen atoms in total. The number of hydrogen-bond acceptors (Lipinski definition) is 5. The number of benzene rings is 1. The van der Waals surface area contributed by atoms with Crippen molar-refractivity contribution in [1.29, 1.82) is 0 Å². The molecule has 0 bridgehead atoms. The van der Waals surface area contributed by atoms with Gasteiger partial charge in [-0.1, -0.05) is 13.8 Å². The normalized spacial score (nSPS) is 13.5. The van der Waals surface area contributed by atoms with E-state index in [0.29, 0.717) is 29.5 Å². The molecule has 0 saturated heterocycles. The van der Waals surface area contributed by atoms with Crippen LogP contribution < -0.4 is 9.64 Å². The van der Waals surface area contributed by atoms with Gasteiger partial charge in [-0.25, -0.2) is 0 Å². The molecule has 0 fully saturated rings. The minimum atomic E-state index is -0.495. The molecule has 0 saturated carbocycles. The lowest BCUT2D eigenvalue weighted by Crippen LogP contribution is -2.42. The molecule has 2 rings (SSSR count). The fourth-order valence-electron chi connectivity index (χ4n) is 2.21. The van der Waals surface area contributed by atoms with E-state index in [1.165, 1.54) is 11.0 Å². The van der Waals surface area contributed by atoms with Gasteiger partial charge in [-0.3, -0.25) is 19.3 Å². The maximum Gasteiger partial charge on any atom is 0.326 e. The van der Waals surface area contributed by atoms with Crippen LogP contribution in [-0.2, 0) is 14.3 Å². The number of ketones is 1. The number of halogens is 1.